The number of hydrogen-bond acceptors (Lipinski definition) is 4. The SMILES string of the molecule is O=C(CC1CCNCC1)NC1CCS(=O)(=O)C1. The Morgan fingerprint density at radius 1 is 1.24 bits per heavy atom. The van der Waals surface area contributed by atoms with E-state index in [2.05, 4.69) is 10.6 Å². The van der Waals surface area contributed by atoms with Crippen LogP contribution < -0.4 is 10.6 Å². The highest BCUT2D eigenvalue weighted by atomic mass is 32.2. The molecule has 2 saturated heterocycles. The molecule has 0 aromatic heterocycles. The van der Waals surface area contributed by atoms with Crippen LogP contribution in [0.4, 0.5) is 0 Å². The first-order valence-electron chi connectivity index (χ1n) is 6.26. The van der Waals surface area contributed by atoms with Crippen molar-refractivity contribution in [3.05, 3.63) is 0 Å². The monoisotopic (exact) mass is 260 g/mol. The summed E-state index contributed by atoms with van der Waals surface area (Å²) in [6.07, 6.45) is 3.19. The number of carbonyl (C=O) groups excluding carboxylic acids is 1. The molecule has 2 fully saturated rings. The van der Waals surface area contributed by atoms with Crippen molar-refractivity contribution in [1.82, 2.24) is 10.6 Å². The largest absolute Gasteiger partial charge is 0.352 e. The lowest BCUT2D eigenvalue weighted by Crippen LogP contribution is -2.38. The van der Waals surface area contributed by atoms with E-state index in [0.717, 1.165) is 25.9 Å². The predicted octanol–water partition coefficient (Wildman–Crippen LogP) is -0.321. The van der Waals surface area contributed by atoms with Gasteiger partial charge in [-0.1, -0.05) is 0 Å². The molecule has 1 atom stereocenters. The number of hydrogen-bond donors (Lipinski definition) is 2. The van der Waals surface area contributed by atoms with E-state index in [-0.39, 0.29) is 23.5 Å². The van der Waals surface area contributed by atoms with Crippen LogP contribution in [0.2, 0.25) is 0 Å². The van der Waals surface area contributed by atoms with Crippen LogP contribution in [0.1, 0.15) is 25.7 Å². The van der Waals surface area contributed by atoms with Gasteiger partial charge in [-0.3, -0.25) is 4.79 Å². The van der Waals surface area contributed by atoms with Crippen LogP contribution in [0, 0.1) is 5.92 Å². The van der Waals surface area contributed by atoms with Gasteiger partial charge in [0, 0.05) is 12.5 Å². The summed E-state index contributed by atoms with van der Waals surface area (Å²) < 4.78 is 22.5. The zero-order valence-corrected chi connectivity index (χ0v) is 10.8. The van der Waals surface area contributed by atoms with Gasteiger partial charge >= 0.3 is 0 Å². The number of carbonyl (C=O) groups is 1. The summed E-state index contributed by atoms with van der Waals surface area (Å²) >= 11 is 0. The van der Waals surface area contributed by atoms with E-state index in [9.17, 15) is 13.2 Å². The second kappa shape index (κ2) is 5.35. The minimum absolute atomic E-state index is 0.0130. The van der Waals surface area contributed by atoms with Gasteiger partial charge in [-0.15, -0.1) is 0 Å². The fraction of sp³-hybridized carbons (Fsp3) is 0.909. The fourth-order valence-electron chi connectivity index (χ4n) is 2.54. The average molecular weight is 260 g/mol. The quantitative estimate of drug-likeness (QED) is 0.729. The van der Waals surface area contributed by atoms with Crippen molar-refractivity contribution in [2.45, 2.75) is 31.7 Å². The Hall–Kier alpha value is -0.620. The molecule has 1 unspecified atom stereocenters. The standard InChI is InChI=1S/C11H20N2O3S/c14-11(7-9-1-4-12-5-2-9)13-10-3-6-17(15,16)8-10/h9-10,12H,1-8H2,(H,13,14). The van der Waals surface area contributed by atoms with Crippen molar-refractivity contribution in [2.24, 2.45) is 5.92 Å². The molecule has 2 N–H and O–H groups in total. The maximum atomic E-state index is 11.8. The molecule has 2 rings (SSSR count). The zero-order valence-electron chi connectivity index (χ0n) is 9.94. The predicted molar refractivity (Wildman–Crippen MR) is 65.4 cm³/mol. The van der Waals surface area contributed by atoms with Crippen molar-refractivity contribution in [3.63, 3.8) is 0 Å². The van der Waals surface area contributed by atoms with Crippen LogP contribution in [-0.4, -0.2) is 45.0 Å². The molecule has 0 radical (unpaired) electrons. The maximum Gasteiger partial charge on any atom is 0.220 e. The first-order chi connectivity index (χ1) is 8.05. The lowest BCUT2D eigenvalue weighted by atomic mass is 9.94. The Kier molecular flexibility index (Phi) is 4.04. The summed E-state index contributed by atoms with van der Waals surface area (Å²) in [5, 5.41) is 6.10. The molecule has 2 aliphatic heterocycles. The van der Waals surface area contributed by atoms with E-state index < -0.39 is 9.84 Å². The Labute approximate surface area is 102 Å². The second-order valence-corrected chi connectivity index (χ2v) is 7.29. The number of rotatable bonds is 3. The molecule has 0 spiro atoms. The van der Waals surface area contributed by atoms with Gasteiger partial charge in [-0.2, -0.15) is 0 Å². The summed E-state index contributed by atoms with van der Waals surface area (Å²) in [6, 6.07) is -0.158. The van der Waals surface area contributed by atoms with Crippen LogP contribution in [0.3, 0.4) is 0 Å². The fourth-order valence-corrected chi connectivity index (χ4v) is 4.22. The van der Waals surface area contributed by atoms with Gasteiger partial charge < -0.3 is 10.6 Å². The van der Waals surface area contributed by atoms with Crippen LogP contribution in [0.15, 0.2) is 0 Å². The van der Waals surface area contributed by atoms with E-state index in [4.69, 9.17) is 0 Å². The first-order valence-corrected chi connectivity index (χ1v) is 8.08. The van der Waals surface area contributed by atoms with Gasteiger partial charge in [-0.05, 0) is 38.3 Å². The average Bonchev–Trinajstić information content (AvgIpc) is 2.59. The molecule has 98 valence electrons. The Morgan fingerprint density at radius 3 is 2.53 bits per heavy atom. The normalized spacial score (nSPS) is 29.1. The molecular weight excluding hydrogens is 240 g/mol. The molecule has 2 heterocycles. The lowest BCUT2D eigenvalue weighted by molar-refractivity contribution is -0.122. The number of amides is 1. The van der Waals surface area contributed by atoms with E-state index in [0.29, 0.717) is 18.8 Å². The molecule has 17 heavy (non-hydrogen) atoms. The molecule has 0 aromatic rings. The summed E-state index contributed by atoms with van der Waals surface area (Å²) in [6.45, 7) is 1.96. The van der Waals surface area contributed by atoms with Crippen molar-refractivity contribution in [3.8, 4) is 0 Å². The van der Waals surface area contributed by atoms with E-state index in [1.54, 1.807) is 0 Å². The Morgan fingerprint density at radius 2 is 1.94 bits per heavy atom. The highest BCUT2D eigenvalue weighted by Gasteiger charge is 2.29. The van der Waals surface area contributed by atoms with Crippen LogP contribution >= 0.6 is 0 Å². The topological polar surface area (TPSA) is 75.3 Å². The third kappa shape index (κ3) is 3.96. The number of piperidine rings is 1. The van der Waals surface area contributed by atoms with Crippen LogP contribution in [0.25, 0.3) is 0 Å². The van der Waals surface area contributed by atoms with Crippen LogP contribution in [0.5, 0.6) is 0 Å². The molecule has 0 saturated carbocycles. The minimum atomic E-state index is -2.90. The van der Waals surface area contributed by atoms with Crippen molar-refractivity contribution >= 4 is 15.7 Å². The molecular formula is C11H20N2O3S. The van der Waals surface area contributed by atoms with Crippen LogP contribution in [-0.2, 0) is 14.6 Å². The van der Waals surface area contributed by atoms with E-state index in [1.807, 2.05) is 0 Å². The smallest absolute Gasteiger partial charge is 0.220 e. The summed E-state index contributed by atoms with van der Waals surface area (Å²) in [7, 11) is -2.90. The van der Waals surface area contributed by atoms with E-state index >= 15 is 0 Å². The summed E-state index contributed by atoms with van der Waals surface area (Å²) in [4.78, 5) is 11.8. The van der Waals surface area contributed by atoms with Gasteiger partial charge in [0.15, 0.2) is 9.84 Å². The van der Waals surface area contributed by atoms with Gasteiger partial charge in [0.1, 0.15) is 0 Å². The maximum absolute atomic E-state index is 11.8. The molecule has 1 amide bonds. The Balaban J connectivity index is 1.74. The third-order valence-electron chi connectivity index (χ3n) is 3.53. The molecule has 2 aliphatic rings. The molecule has 6 heteroatoms. The number of nitrogens with one attached hydrogen (secondary N) is 2. The van der Waals surface area contributed by atoms with Gasteiger partial charge in [0.25, 0.3) is 0 Å². The van der Waals surface area contributed by atoms with Gasteiger partial charge in [0.2, 0.25) is 5.91 Å². The highest BCUT2D eigenvalue weighted by Crippen LogP contribution is 2.17. The first kappa shape index (κ1) is 12.8. The lowest BCUT2D eigenvalue weighted by Gasteiger charge is -2.22. The summed E-state index contributed by atoms with van der Waals surface area (Å²) in [5.74, 6) is 0.796. The molecule has 0 aromatic carbocycles. The van der Waals surface area contributed by atoms with Crippen molar-refractivity contribution in [2.75, 3.05) is 24.6 Å². The highest BCUT2D eigenvalue weighted by molar-refractivity contribution is 7.91. The van der Waals surface area contributed by atoms with Crippen molar-refractivity contribution < 1.29 is 13.2 Å². The number of sulfone groups is 1. The zero-order chi connectivity index (χ0) is 12.3. The summed E-state index contributed by atoms with van der Waals surface area (Å²) in [5.41, 5.74) is 0. The molecule has 5 nitrogen and oxygen atoms in total. The molecule has 0 bridgehead atoms. The van der Waals surface area contributed by atoms with E-state index in [1.165, 1.54) is 0 Å². The molecule has 0 aliphatic carbocycles. The second-order valence-electron chi connectivity index (χ2n) is 5.06. The third-order valence-corrected chi connectivity index (χ3v) is 5.30. The Bertz CT molecular complexity index is 374. The van der Waals surface area contributed by atoms with Gasteiger partial charge in [0.05, 0.1) is 11.5 Å². The minimum Gasteiger partial charge on any atom is -0.352 e. The van der Waals surface area contributed by atoms with Gasteiger partial charge in [-0.25, -0.2) is 8.42 Å². The van der Waals surface area contributed by atoms with Crippen molar-refractivity contribution in [1.29, 1.82) is 0 Å².